The minimum atomic E-state index is -0.284. The van der Waals surface area contributed by atoms with Gasteiger partial charge in [0.2, 0.25) is 11.8 Å². The van der Waals surface area contributed by atoms with Crippen molar-refractivity contribution < 1.29 is 14.3 Å². The maximum Gasteiger partial charge on any atom is 0.229 e. The van der Waals surface area contributed by atoms with Crippen molar-refractivity contribution in [1.29, 1.82) is 0 Å². The zero-order valence-electron chi connectivity index (χ0n) is 15.1. The summed E-state index contributed by atoms with van der Waals surface area (Å²) >= 11 is 0. The van der Waals surface area contributed by atoms with Crippen LogP contribution in [0, 0.1) is 5.92 Å². The average molecular weight is 332 g/mol. The summed E-state index contributed by atoms with van der Waals surface area (Å²) in [4.78, 5) is 26.4. The Morgan fingerprint density at radius 2 is 2.04 bits per heavy atom. The molecule has 5 nitrogen and oxygen atoms in total. The van der Waals surface area contributed by atoms with Crippen LogP contribution in [0.15, 0.2) is 24.3 Å². The van der Waals surface area contributed by atoms with E-state index in [9.17, 15) is 9.59 Å². The first-order valence-corrected chi connectivity index (χ1v) is 8.50. The Bertz CT molecular complexity index is 593. The summed E-state index contributed by atoms with van der Waals surface area (Å²) in [6.07, 6.45) is 1.08. The van der Waals surface area contributed by atoms with Crippen molar-refractivity contribution in [2.75, 3.05) is 32.1 Å². The largest absolute Gasteiger partial charge is 0.385 e. The summed E-state index contributed by atoms with van der Waals surface area (Å²) in [6.45, 7) is 8.12. The van der Waals surface area contributed by atoms with Gasteiger partial charge < -0.3 is 15.0 Å². The Morgan fingerprint density at radius 1 is 1.33 bits per heavy atom. The van der Waals surface area contributed by atoms with Gasteiger partial charge in [0.1, 0.15) is 0 Å². The van der Waals surface area contributed by atoms with Gasteiger partial charge >= 0.3 is 0 Å². The van der Waals surface area contributed by atoms with Crippen LogP contribution >= 0.6 is 0 Å². The highest BCUT2D eigenvalue weighted by atomic mass is 16.5. The number of benzene rings is 1. The van der Waals surface area contributed by atoms with Gasteiger partial charge in [-0.3, -0.25) is 9.59 Å². The minimum absolute atomic E-state index is 0.0513. The molecule has 0 radical (unpaired) electrons. The number of carbonyl (C=O) groups excluding carboxylic acids is 2. The van der Waals surface area contributed by atoms with Crippen molar-refractivity contribution in [3.05, 3.63) is 29.8 Å². The van der Waals surface area contributed by atoms with Gasteiger partial charge in [-0.25, -0.2) is 0 Å². The van der Waals surface area contributed by atoms with E-state index >= 15 is 0 Å². The van der Waals surface area contributed by atoms with E-state index < -0.39 is 0 Å². The maximum absolute atomic E-state index is 12.6. The van der Waals surface area contributed by atoms with Crippen LogP contribution in [0.2, 0.25) is 0 Å². The van der Waals surface area contributed by atoms with Gasteiger partial charge in [0.05, 0.1) is 5.92 Å². The quantitative estimate of drug-likeness (QED) is 0.815. The van der Waals surface area contributed by atoms with E-state index in [-0.39, 0.29) is 29.6 Å². The Balaban J connectivity index is 2.00. The highest BCUT2D eigenvalue weighted by Crippen LogP contribution is 2.30. The average Bonchev–Trinajstić information content (AvgIpc) is 2.88. The topological polar surface area (TPSA) is 58.6 Å². The fourth-order valence-electron chi connectivity index (χ4n) is 3.04. The molecule has 1 fully saturated rings. The van der Waals surface area contributed by atoms with Gasteiger partial charge in [-0.1, -0.05) is 39.0 Å². The second kappa shape index (κ2) is 7.79. The molecule has 1 aliphatic rings. The zero-order valence-corrected chi connectivity index (χ0v) is 15.1. The van der Waals surface area contributed by atoms with Gasteiger partial charge in [-0.05, 0) is 23.5 Å². The fraction of sp³-hybridized carbons (Fsp3) is 0.579. The van der Waals surface area contributed by atoms with E-state index in [4.69, 9.17) is 4.74 Å². The predicted octanol–water partition coefficient (Wildman–Crippen LogP) is 2.81. The van der Waals surface area contributed by atoms with E-state index in [0.717, 1.165) is 17.7 Å². The second-order valence-corrected chi connectivity index (χ2v) is 7.37. The molecule has 0 aromatic heterocycles. The number of amides is 2. The fourth-order valence-corrected chi connectivity index (χ4v) is 3.04. The van der Waals surface area contributed by atoms with Gasteiger partial charge in [0.25, 0.3) is 0 Å². The summed E-state index contributed by atoms with van der Waals surface area (Å²) in [6, 6.07) is 7.85. The normalized spacial score (nSPS) is 18.1. The molecule has 0 aliphatic carbocycles. The van der Waals surface area contributed by atoms with Crippen molar-refractivity contribution in [3.63, 3.8) is 0 Å². The number of para-hydroxylation sites is 1. The molecule has 1 N–H and O–H groups in total. The minimum Gasteiger partial charge on any atom is -0.385 e. The van der Waals surface area contributed by atoms with Crippen LogP contribution in [0.3, 0.4) is 0 Å². The second-order valence-electron chi connectivity index (χ2n) is 7.37. The molecule has 1 aliphatic heterocycles. The molecule has 0 bridgehead atoms. The Labute approximate surface area is 144 Å². The Hall–Kier alpha value is -1.88. The molecule has 1 heterocycles. The standard InChI is InChI=1S/C19H28N2O3/c1-19(2,3)15-8-5-6-9-16(15)20-18(23)14-12-17(22)21(13-14)10-7-11-24-4/h5-6,8-9,14H,7,10-13H2,1-4H3,(H,20,23). The molecular formula is C19H28N2O3. The van der Waals surface area contributed by atoms with Crippen LogP contribution in [-0.4, -0.2) is 43.5 Å². The lowest BCUT2D eigenvalue weighted by Gasteiger charge is -2.23. The van der Waals surface area contributed by atoms with Crippen LogP contribution in [0.5, 0.6) is 0 Å². The number of hydrogen-bond donors (Lipinski definition) is 1. The third kappa shape index (κ3) is 4.57. The van der Waals surface area contributed by atoms with Crippen LogP contribution in [0.4, 0.5) is 5.69 Å². The third-order valence-electron chi connectivity index (χ3n) is 4.35. The number of carbonyl (C=O) groups is 2. The molecule has 2 rings (SSSR count). The number of hydrogen-bond acceptors (Lipinski definition) is 3. The molecule has 5 heteroatoms. The summed E-state index contributed by atoms with van der Waals surface area (Å²) in [7, 11) is 1.65. The van der Waals surface area contributed by atoms with E-state index in [1.807, 2.05) is 24.3 Å². The van der Waals surface area contributed by atoms with Gasteiger partial charge in [-0.2, -0.15) is 0 Å². The van der Waals surface area contributed by atoms with Gasteiger partial charge in [-0.15, -0.1) is 0 Å². The first-order chi connectivity index (χ1) is 11.3. The van der Waals surface area contributed by atoms with Crippen LogP contribution in [0.1, 0.15) is 39.2 Å². The summed E-state index contributed by atoms with van der Waals surface area (Å²) in [5.74, 6) is -0.308. The number of nitrogens with zero attached hydrogens (tertiary/aromatic N) is 1. The highest BCUT2D eigenvalue weighted by molar-refractivity contribution is 5.97. The lowest BCUT2D eigenvalue weighted by Crippen LogP contribution is -2.30. The SMILES string of the molecule is COCCCN1CC(C(=O)Nc2ccccc2C(C)(C)C)CC1=O. The number of likely N-dealkylation sites (tertiary alicyclic amines) is 1. The lowest BCUT2D eigenvalue weighted by molar-refractivity contribution is -0.128. The highest BCUT2D eigenvalue weighted by Gasteiger charge is 2.34. The molecule has 0 spiro atoms. The lowest BCUT2D eigenvalue weighted by atomic mass is 9.85. The molecule has 1 unspecified atom stereocenters. The van der Waals surface area contributed by atoms with Crippen molar-refractivity contribution in [2.24, 2.45) is 5.92 Å². The van der Waals surface area contributed by atoms with E-state index in [1.54, 1.807) is 12.0 Å². The number of anilines is 1. The number of methoxy groups -OCH3 is 1. The first-order valence-electron chi connectivity index (χ1n) is 8.50. The van der Waals surface area contributed by atoms with Gasteiger partial charge in [0, 0.05) is 38.9 Å². The zero-order chi connectivity index (χ0) is 17.7. The van der Waals surface area contributed by atoms with Crippen LogP contribution < -0.4 is 5.32 Å². The molecule has 1 aromatic rings. The summed E-state index contributed by atoms with van der Waals surface area (Å²) < 4.78 is 5.02. The maximum atomic E-state index is 12.6. The smallest absolute Gasteiger partial charge is 0.229 e. The van der Waals surface area contributed by atoms with E-state index in [2.05, 4.69) is 26.1 Å². The number of ether oxygens (including phenoxy) is 1. The monoisotopic (exact) mass is 332 g/mol. The molecule has 0 saturated carbocycles. The predicted molar refractivity (Wildman–Crippen MR) is 95.0 cm³/mol. The third-order valence-corrected chi connectivity index (χ3v) is 4.35. The molecule has 1 atom stereocenters. The molecular weight excluding hydrogens is 304 g/mol. The van der Waals surface area contributed by atoms with Crippen molar-refractivity contribution in [2.45, 2.75) is 39.0 Å². The number of nitrogens with one attached hydrogen (secondary N) is 1. The van der Waals surface area contributed by atoms with Crippen LogP contribution in [0.25, 0.3) is 0 Å². The molecule has 24 heavy (non-hydrogen) atoms. The van der Waals surface area contributed by atoms with Crippen molar-refractivity contribution in [1.82, 2.24) is 4.90 Å². The molecule has 2 amide bonds. The van der Waals surface area contributed by atoms with Gasteiger partial charge in [0.15, 0.2) is 0 Å². The molecule has 132 valence electrons. The van der Waals surface area contributed by atoms with Crippen molar-refractivity contribution in [3.8, 4) is 0 Å². The molecule has 1 saturated heterocycles. The first kappa shape index (κ1) is 18.5. The molecule has 1 aromatic carbocycles. The van der Waals surface area contributed by atoms with Crippen molar-refractivity contribution >= 4 is 17.5 Å². The van der Waals surface area contributed by atoms with E-state index in [1.165, 1.54) is 0 Å². The summed E-state index contributed by atoms with van der Waals surface area (Å²) in [5.41, 5.74) is 1.88. The summed E-state index contributed by atoms with van der Waals surface area (Å²) in [5, 5.41) is 3.02. The Kier molecular flexibility index (Phi) is 5.99. The van der Waals surface area contributed by atoms with E-state index in [0.29, 0.717) is 19.7 Å². The number of rotatable bonds is 6. The van der Waals surface area contributed by atoms with Crippen LogP contribution in [-0.2, 0) is 19.7 Å². The Morgan fingerprint density at radius 3 is 2.71 bits per heavy atom.